The molecule has 0 saturated heterocycles. The molecule has 2 rings (SSSR count). The van der Waals surface area contributed by atoms with Crippen LogP contribution in [0.15, 0.2) is 22.7 Å². The van der Waals surface area contributed by atoms with Crippen molar-refractivity contribution in [3.8, 4) is 0 Å². The molecular weight excluding hydrogens is 309 g/mol. The van der Waals surface area contributed by atoms with E-state index in [1.54, 1.807) is 12.1 Å². The second-order valence-corrected chi connectivity index (χ2v) is 6.46. The minimum Gasteiger partial charge on any atom is -0.388 e. The molecule has 1 aliphatic carbocycles. The van der Waals surface area contributed by atoms with Crippen LogP contribution in [0, 0.1) is 11.2 Å². The van der Waals surface area contributed by atoms with Gasteiger partial charge in [-0.25, -0.2) is 4.39 Å². The lowest BCUT2D eigenvalue weighted by Gasteiger charge is -2.36. The van der Waals surface area contributed by atoms with E-state index in [1.165, 1.54) is 18.9 Å². The molecule has 1 unspecified atom stereocenters. The molecule has 1 aromatic carbocycles. The van der Waals surface area contributed by atoms with Gasteiger partial charge in [-0.2, -0.15) is 0 Å². The molecule has 1 fully saturated rings. The fourth-order valence-electron chi connectivity index (χ4n) is 3.07. The second-order valence-electron chi connectivity index (χ2n) is 5.55. The van der Waals surface area contributed by atoms with E-state index >= 15 is 0 Å². The summed E-state index contributed by atoms with van der Waals surface area (Å²) in [6.45, 7) is 0.406. The number of hydrogen-bond donors (Lipinski definition) is 2. The molecule has 0 spiro atoms. The average molecular weight is 330 g/mol. The largest absolute Gasteiger partial charge is 0.388 e. The fraction of sp³-hybridized carbons (Fsp3) is 0.600. The van der Waals surface area contributed by atoms with E-state index in [0.717, 1.165) is 25.7 Å². The number of hydrogen-bond acceptors (Lipinski definition) is 2. The Hall–Kier alpha value is -0.450. The molecule has 0 heterocycles. The zero-order valence-corrected chi connectivity index (χ0v) is 12.6. The van der Waals surface area contributed by atoms with Crippen LogP contribution in [0.5, 0.6) is 0 Å². The predicted octanol–water partition coefficient (Wildman–Crippen LogP) is 3.92. The van der Waals surface area contributed by atoms with Gasteiger partial charge in [-0.15, -0.1) is 0 Å². The summed E-state index contributed by atoms with van der Waals surface area (Å²) in [6.07, 6.45) is 5.41. The third-order valence-electron chi connectivity index (χ3n) is 4.34. The van der Waals surface area contributed by atoms with E-state index in [9.17, 15) is 9.50 Å². The van der Waals surface area contributed by atoms with Gasteiger partial charge in [-0.1, -0.05) is 47.7 Å². The zero-order valence-electron chi connectivity index (χ0n) is 11.0. The van der Waals surface area contributed by atoms with Crippen LogP contribution in [-0.4, -0.2) is 11.7 Å². The average Bonchev–Trinajstić information content (AvgIpc) is 2.64. The third-order valence-corrected chi connectivity index (χ3v) is 4.84. The quantitative estimate of drug-likeness (QED) is 0.825. The second kappa shape index (κ2) is 6.33. The van der Waals surface area contributed by atoms with Crippen molar-refractivity contribution in [1.82, 2.24) is 0 Å². The maximum absolute atomic E-state index is 14.0. The summed E-state index contributed by atoms with van der Waals surface area (Å²) < 4.78 is 14.7. The van der Waals surface area contributed by atoms with Crippen LogP contribution in [0.25, 0.3) is 0 Å². The molecule has 3 N–H and O–H groups in total. The first kappa shape index (κ1) is 14.9. The van der Waals surface area contributed by atoms with Crippen molar-refractivity contribution in [1.29, 1.82) is 0 Å². The SMILES string of the molecule is NCC1(C(O)c2ccc(Br)cc2F)CCCCCC1. The number of rotatable bonds is 3. The van der Waals surface area contributed by atoms with Crippen LogP contribution in [0.4, 0.5) is 4.39 Å². The molecule has 0 bridgehead atoms. The topological polar surface area (TPSA) is 46.2 Å². The van der Waals surface area contributed by atoms with Crippen LogP contribution in [0.1, 0.15) is 50.2 Å². The van der Waals surface area contributed by atoms with Gasteiger partial charge >= 0.3 is 0 Å². The van der Waals surface area contributed by atoms with Crippen LogP contribution >= 0.6 is 15.9 Å². The van der Waals surface area contributed by atoms with Gasteiger partial charge in [0.1, 0.15) is 5.82 Å². The lowest BCUT2D eigenvalue weighted by Crippen LogP contribution is -2.36. The summed E-state index contributed by atoms with van der Waals surface area (Å²) in [4.78, 5) is 0. The van der Waals surface area contributed by atoms with Crippen LogP contribution in [-0.2, 0) is 0 Å². The van der Waals surface area contributed by atoms with Crippen molar-refractivity contribution in [2.24, 2.45) is 11.1 Å². The van der Waals surface area contributed by atoms with Crippen molar-refractivity contribution in [2.45, 2.75) is 44.6 Å². The molecule has 0 aliphatic heterocycles. The molecule has 1 aliphatic rings. The molecule has 1 atom stereocenters. The monoisotopic (exact) mass is 329 g/mol. The Morgan fingerprint density at radius 3 is 2.42 bits per heavy atom. The van der Waals surface area contributed by atoms with Gasteiger partial charge < -0.3 is 10.8 Å². The Morgan fingerprint density at radius 1 is 1.26 bits per heavy atom. The first-order valence-electron chi connectivity index (χ1n) is 6.92. The molecule has 0 aromatic heterocycles. The number of aliphatic hydroxyl groups excluding tert-OH is 1. The summed E-state index contributed by atoms with van der Waals surface area (Å²) in [6, 6.07) is 4.83. The first-order chi connectivity index (χ1) is 9.09. The highest BCUT2D eigenvalue weighted by Crippen LogP contribution is 2.45. The van der Waals surface area contributed by atoms with Crippen molar-refractivity contribution in [2.75, 3.05) is 6.54 Å². The summed E-state index contributed by atoms with van der Waals surface area (Å²) in [5.74, 6) is -0.362. The lowest BCUT2D eigenvalue weighted by atomic mass is 9.73. The van der Waals surface area contributed by atoms with Crippen molar-refractivity contribution in [3.63, 3.8) is 0 Å². The maximum atomic E-state index is 14.0. The number of benzene rings is 1. The van der Waals surface area contributed by atoms with Crippen molar-refractivity contribution < 1.29 is 9.50 Å². The molecule has 2 nitrogen and oxygen atoms in total. The van der Waals surface area contributed by atoms with Crippen LogP contribution in [0.2, 0.25) is 0 Å². The standard InChI is InChI=1S/C15H21BrFNO/c16-11-5-6-12(13(17)9-11)14(19)15(10-18)7-3-1-2-4-8-15/h5-6,9,14,19H,1-4,7-8,10,18H2. The Balaban J connectivity index is 2.31. The van der Waals surface area contributed by atoms with Gasteiger partial charge in [0.2, 0.25) is 0 Å². The van der Waals surface area contributed by atoms with Gasteiger partial charge in [-0.05, 0) is 25.0 Å². The number of halogens is 2. The zero-order chi connectivity index (χ0) is 13.9. The Labute approximate surface area is 122 Å². The highest BCUT2D eigenvalue weighted by atomic mass is 79.9. The molecule has 0 radical (unpaired) electrons. The number of aliphatic hydroxyl groups is 1. The van der Waals surface area contributed by atoms with E-state index in [2.05, 4.69) is 15.9 Å². The normalized spacial score (nSPS) is 20.8. The summed E-state index contributed by atoms with van der Waals surface area (Å²) in [5, 5.41) is 10.7. The summed E-state index contributed by atoms with van der Waals surface area (Å²) in [7, 11) is 0. The summed E-state index contributed by atoms with van der Waals surface area (Å²) in [5.41, 5.74) is 5.94. The third kappa shape index (κ3) is 3.18. The maximum Gasteiger partial charge on any atom is 0.130 e. The van der Waals surface area contributed by atoms with Crippen LogP contribution in [0.3, 0.4) is 0 Å². The highest BCUT2D eigenvalue weighted by Gasteiger charge is 2.38. The van der Waals surface area contributed by atoms with Gasteiger partial charge in [-0.3, -0.25) is 0 Å². The van der Waals surface area contributed by atoms with Gasteiger partial charge in [0.15, 0.2) is 0 Å². The van der Waals surface area contributed by atoms with Crippen molar-refractivity contribution >= 4 is 15.9 Å². The Bertz CT molecular complexity index is 430. The minimum atomic E-state index is -0.816. The van der Waals surface area contributed by atoms with E-state index in [-0.39, 0.29) is 11.2 Å². The highest BCUT2D eigenvalue weighted by molar-refractivity contribution is 9.10. The van der Waals surface area contributed by atoms with E-state index in [4.69, 9.17) is 5.73 Å². The molecule has 1 aromatic rings. The van der Waals surface area contributed by atoms with Crippen LogP contribution < -0.4 is 5.73 Å². The fourth-order valence-corrected chi connectivity index (χ4v) is 3.41. The molecule has 19 heavy (non-hydrogen) atoms. The van der Waals surface area contributed by atoms with Gasteiger partial charge in [0.25, 0.3) is 0 Å². The van der Waals surface area contributed by atoms with Gasteiger partial charge in [0, 0.05) is 22.0 Å². The first-order valence-corrected chi connectivity index (χ1v) is 7.71. The van der Waals surface area contributed by atoms with Crippen molar-refractivity contribution in [3.05, 3.63) is 34.1 Å². The molecule has 0 amide bonds. The molecule has 106 valence electrons. The molecular formula is C15H21BrFNO. The minimum absolute atomic E-state index is 0.362. The van der Waals surface area contributed by atoms with Gasteiger partial charge in [0.05, 0.1) is 6.10 Å². The Morgan fingerprint density at radius 2 is 1.89 bits per heavy atom. The Kier molecular flexibility index (Phi) is 4.98. The summed E-state index contributed by atoms with van der Waals surface area (Å²) >= 11 is 3.24. The van der Waals surface area contributed by atoms with E-state index in [0.29, 0.717) is 16.6 Å². The lowest BCUT2D eigenvalue weighted by molar-refractivity contribution is 0.0141. The predicted molar refractivity (Wildman–Crippen MR) is 78.2 cm³/mol. The van der Waals surface area contributed by atoms with E-state index in [1.807, 2.05) is 0 Å². The molecule has 1 saturated carbocycles. The smallest absolute Gasteiger partial charge is 0.130 e. The van der Waals surface area contributed by atoms with E-state index < -0.39 is 6.10 Å². The number of nitrogens with two attached hydrogens (primary N) is 1. The molecule has 4 heteroatoms.